The molecule has 2 aromatic rings. The van der Waals surface area contributed by atoms with Crippen molar-refractivity contribution >= 4 is 24.8 Å². The molecular formula is C24H28Cl2F6N2O. The van der Waals surface area contributed by atoms with Crippen LogP contribution in [0.15, 0.2) is 42.5 Å². The van der Waals surface area contributed by atoms with Gasteiger partial charge in [-0.05, 0) is 54.7 Å². The SMILES string of the molecule is CC(OC1CCc2ccccc2C1N1CCNCC1)c1cc(C(F)(F)F)cc(C(F)(F)F)c1.Cl.Cl. The van der Waals surface area contributed by atoms with Crippen LogP contribution in [0.4, 0.5) is 26.3 Å². The van der Waals surface area contributed by atoms with Crippen LogP contribution in [-0.2, 0) is 23.5 Å². The average Bonchev–Trinajstić information content (AvgIpc) is 2.78. The molecule has 1 heterocycles. The van der Waals surface area contributed by atoms with E-state index in [-0.39, 0.29) is 48.6 Å². The molecule has 3 unspecified atom stereocenters. The summed E-state index contributed by atoms with van der Waals surface area (Å²) >= 11 is 0. The zero-order valence-corrected chi connectivity index (χ0v) is 20.6. The summed E-state index contributed by atoms with van der Waals surface area (Å²) in [6.45, 7) is 4.71. The highest BCUT2D eigenvalue weighted by atomic mass is 35.5. The van der Waals surface area contributed by atoms with Crippen LogP contribution in [0, 0.1) is 0 Å². The van der Waals surface area contributed by atoms with Crippen molar-refractivity contribution in [2.45, 2.75) is 50.4 Å². The van der Waals surface area contributed by atoms with E-state index in [4.69, 9.17) is 4.74 Å². The summed E-state index contributed by atoms with van der Waals surface area (Å²) in [7, 11) is 0. The van der Waals surface area contributed by atoms with Crippen LogP contribution in [-0.4, -0.2) is 37.2 Å². The van der Waals surface area contributed by atoms with E-state index in [0.29, 0.717) is 6.42 Å². The fraction of sp³-hybridized carbons (Fsp3) is 0.500. The van der Waals surface area contributed by atoms with Gasteiger partial charge in [0.15, 0.2) is 0 Å². The van der Waals surface area contributed by atoms with Gasteiger partial charge in [-0.15, -0.1) is 24.8 Å². The van der Waals surface area contributed by atoms with E-state index >= 15 is 0 Å². The topological polar surface area (TPSA) is 24.5 Å². The van der Waals surface area contributed by atoms with Gasteiger partial charge in [0.1, 0.15) is 0 Å². The number of nitrogens with zero attached hydrogens (tertiary/aromatic N) is 1. The fourth-order valence-electron chi connectivity index (χ4n) is 4.80. The first kappa shape index (κ1) is 29.7. The van der Waals surface area contributed by atoms with E-state index in [0.717, 1.165) is 50.3 Å². The number of hydrogen-bond donors (Lipinski definition) is 1. The number of halogens is 8. The molecule has 11 heteroatoms. The number of hydrogen-bond acceptors (Lipinski definition) is 3. The third-order valence-electron chi connectivity index (χ3n) is 6.43. The van der Waals surface area contributed by atoms with Gasteiger partial charge in [-0.3, -0.25) is 4.90 Å². The lowest BCUT2D eigenvalue weighted by atomic mass is 9.84. The van der Waals surface area contributed by atoms with Gasteiger partial charge in [0.25, 0.3) is 0 Å². The second kappa shape index (κ2) is 11.7. The number of benzene rings is 2. The van der Waals surface area contributed by atoms with Gasteiger partial charge >= 0.3 is 12.4 Å². The Bertz CT molecular complexity index is 947. The Hall–Kier alpha value is -1.52. The van der Waals surface area contributed by atoms with E-state index in [1.54, 1.807) is 0 Å². The molecule has 2 aliphatic rings. The maximum atomic E-state index is 13.3. The maximum absolute atomic E-state index is 13.3. The van der Waals surface area contributed by atoms with Crippen LogP contribution in [0.5, 0.6) is 0 Å². The summed E-state index contributed by atoms with van der Waals surface area (Å²) in [4.78, 5) is 2.29. The maximum Gasteiger partial charge on any atom is 0.416 e. The largest absolute Gasteiger partial charge is 0.416 e. The van der Waals surface area contributed by atoms with Gasteiger partial charge in [0, 0.05) is 26.2 Å². The molecule has 4 rings (SSSR count). The lowest BCUT2D eigenvalue weighted by molar-refractivity contribution is -0.143. The van der Waals surface area contributed by atoms with Gasteiger partial charge in [0.2, 0.25) is 0 Å². The van der Waals surface area contributed by atoms with Crippen molar-refractivity contribution in [1.29, 1.82) is 0 Å². The molecule has 0 radical (unpaired) electrons. The Labute approximate surface area is 213 Å². The zero-order chi connectivity index (χ0) is 23.8. The molecule has 3 nitrogen and oxygen atoms in total. The molecule has 0 spiro atoms. The Kier molecular flexibility index (Phi) is 9.92. The first-order valence-electron chi connectivity index (χ1n) is 11.0. The van der Waals surface area contributed by atoms with Crippen LogP contribution in [0.1, 0.15) is 53.3 Å². The zero-order valence-electron chi connectivity index (χ0n) is 19.0. The van der Waals surface area contributed by atoms with Crippen molar-refractivity contribution in [1.82, 2.24) is 10.2 Å². The molecule has 0 saturated carbocycles. The number of aryl methyl sites for hydroxylation is 1. The average molecular weight is 545 g/mol. The standard InChI is InChI=1S/C24H26F6N2O.2ClH/c1-15(17-12-18(23(25,26)27)14-19(13-17)24(28,29)30)33-21-7-6-16-4-2-3-5-20(16)22(21)32-10-8-31-9-11-32;;/h2-5,12-15,21-22,31H,6-11H2,1H3;2*1H. The normalized spacial score (nSPS) is 21.9. The Morgan fingerprint density at radius 2 is 1.49 bits per heavy atom. The van der Waals surface area contributed by atoms with Crippen molar-refractivity contribution in [3.05, 3.63) is 70.3 Å². The highest BCUT2D eigenvalue weighted by molar-refractivity contribution is 5.85. The summed E-state index contributed by atoms with van der Waals surface area (Å²) in [5, 5.41) is 3.30. The Balaban J connectivity index is 0.00000216. The number of piperazine rings is 1. The Morgan fingerprint density at radius 1 is 0.914 bits per heavy atom. The van der Waals surface area contributed by atoms with Gasteiger partial charge in [-0.25, -0.2) is 0 Å². The molecule has 0 aromatic heterocycles. The molecule has 1 aliphatic carbocycles. The monoisotopic (exact) mass is 544 g/mol. The fourth-order valence-corrected chi connectivity index (χ4v) is 4.80. The number of fused-ring (bicyclic) bond motifs is 1. The van der Waals surface area contributed by atoms with Crippen LogP contribution in [0.2, 0.25) is 0 Å². The molecule has 2 aromatic carbocycles. The van der Waals surface area contributed by atoms with E-state index in [1.165, 1.54) is 12.5 Å². The molecule has 35 heavy (non-hydrogen) atoms. The van der Waals surface area contributed by atoms with Crippen LogP contribution >= 0.6 is 24.8 Å². The van der Waals surface area contributed by atoms with Crippen LogP contribution in [0.3, 0.4) is 0 Å². The van der Waals surface area contributed by atoms with Crippen molar-refractivity contribution in [3.63, 3.8) is 0 Å². The predicted octanol–water partition coefficient (Wildman–Crippen LogP) is 6.61. The Morgan fingerprint density at radius 3 is 2.06 bits per heavy atom. The lowest BCUT2D eigenvalue weighted by Gasteiger charge is -2.43. The number of alkyl halides is 6. The summed E-state index contributed by atoms with van der Waals surface area (Å²) in [6, 6.07) is 9.58. The molecule has 1 saturated heterocycles. The molecule has 1 aliphatic heterocycles. The lowest BCUT2D eigenvalue weighted by Crippen LogP contribution is -2.49. The number of rotatable bonds is 4. The smallest absolute Gasteiger partial charge is 0.369 e. The summed E-state index contributed by atoms with van der Waals surface area (Å²) < 4.78 is 86.1. The minimum Gasteiger partial charge on any atom is -0.369 e. The van der Waals surface area contributed by atoms with Gasteiger partial charge in [-0.2, -0.15) is 26.3 Å². The molecule has 0 amide bonds. The summed E-state index contributed by atoms with van der Waals surface area (Å²) in [6.07, 6.45) is -9.68. The molecule has 1 N–H and O–H groups in total. The van der Waals surface area contributed by atoms with E-state index in [1.807, 2.05) is 18.2 Å². The van der Waals surface area contributed by atoms with Gasteiger partial charge in [0.05, 0.1) is 29.4 Å². The predicted molar refractivity (Wildman–Crippen MR) is 126 cm³/mol. The molecule has 3 atom stereocenters. The summed E-state index contributed by atoms with van der Waals surface area (Å²) in [5.74, 6) is 0. The second-order valence-electron chi connectivity index (χ2n) is 8.62. The minimum absolute atomic E-state index is 0. The van der Waals surface area contributed by atoms with Gasteiger partial charge < -0.3 is 10.1 Å². The number of nitrogens with one attached hydrogen (secondary N) is 1. The second-order valence-corrected chi connectivity index (χ2v) is 8.62. The number of ether oxygens (including phenoxy) is 1. The molecule has 0 bridgehead atoms. The highest BCUT2D eigenvalue weighted by Gasteiger charge is 2.39. The third-order valence-corrected chi connectivity index (χ3v) is 6.43. The first-order valence-corrected chi connectivity index (χ1v) is 11.0. The van der Waals surface area contributed by atoms with Crippen molar-refractivity contribution in [3.8, 4) is 0 Å². The van der Waals surface area contributed by atoms with Crippen LogP contribution < -0.4 is 5.32 Å². The van der Waals surface area contributed by atoms with Crippen molar-refractivity contribution in [2.75, 3.05) is 26.2 Å². The summed E-state index contributed by atoms with van der Waals surface area (Å²) in [5.41, 5.74) is -0.462. The first-order chi connectivity index (χ1) is 15.5. The van der Waals surface area contributed by atoms with Crippen molar-refractivity contribution < 1.29 is 31.1 Å². The minimum atomic E-state index is -4.89. The van der Waals surface area contributed by atoms with E-state index < -0.39 is 29.6 Å². The molecular weight excluding hydrogens is 517 g/mol. The van der Waals surface area contributed by atoms with E-state index in [9.17, 15) is 26.3 Å². The van der Waals surface area contributed by atoms with Crippen molar-refractivity contribution in [2.24, 2.45) is 0 Å². The quantitative estimate of drug-likeness (QED) is 0.438. The van der Waals surface area contributed by atoms with Gasteiger partial charge in [-0.1, -0.05) is 24.3 Å². The van der Waals surface area contributed by atoms with E-state index in [2.05, 4.69) is 16.3 Å². The van der Waals surface area contributed by atoms with Crippen LogP contribution in [0.25, 0.3) is 0 Å². The molecule has 196 valence electrons. The highest BCUT2D eigenvalue weighted by Crippen LogP contribution is 2.41. The third kappa shape index (κ3) is 6.83. The molecule has 1 fully saturated rings.